The lowest BCUT2D eigenvalue weighted by Gasteiger charge is -2.33. The van der Waals surface area contributed by atoms with E-state index in [9.17, 15) is 4.39 Å². The molecule has 0 spiro atoms. The van der Waals surface area contributed by atoms with Crippen molar-refractivity contribution in [1.29, 1.82) is 0 Å². The van der Waals surface area contributed by atoms with E-state index in [0.717, 1.165) is 61.8 Å². The minimum atomic E-state index is -0.178. The fourth-order valence-electron chi connectivity index (χ4n) is 3.43. The van der Waals surface area contributed by atoms with Gasteiger partial charge < -0.3 is 10.6 Å². The molecule has 0 amide bonds. The van der Waals surface area contributed by atoms with E-state index in [1.165, 1.54) is 12.1 Å². The highest BCUT2D eigenvalue weighted by Gasteiger charge is 2.20. The van der Waals surface area contributed by atoms with Gasteiger partial charge in [-0.3, -0.25) is 9.88 Å². The lowest BCUT2D eigenvalue weighted by molar-refractivity contribution is 0.198. The summed E-state index contributed by atoms with van der Waals surface area (Å²) in [6.45, 7) is 8.47. The first-order valence-electron chi connectivity index (χ1n) is 10.1. The Kier molecular flexibility index (Phi) is 9.80. The van der Waals surface area contributed by atoms with Crippen molar-refractivity contribution in [3.8, 4) is 0 Å². The van der Waals surface area contributed by atoms with Gasteiger partial charge in [0, 0.05) is 38.4 Å². The predicted molar refractivity (Wildman–Crippen MR) is 127 cm³/mol. The molecule has 1 aromatic carbocycles. The molecule has 0 atom stereocenters. The Morgan fingerprint density at radius 1 is 1.21 bits per heavy atom. The maximum Gasteiger partial charge on any atom is 0.191 e. The smallest absolute Gasteiger partial charge is 0.191 e. The zero-order valence-electron chi connectivity index (χ0n) is 17.2. The first kappa shape index (κ1) is 23.5. The fourth-order valence-corrected chi connectivity index (χ4v) is 3.43. The van der Waals surface area contributed by atoms with Crippen LogP contribution in [0.3, 0.4) is 0 Å². The van der Waals surface area contributed by atoms with Gasteiger partial charge in [0.05, 0.1) is 12.2 Å². The van der Waals surface area contributed by atoms with Gasteiger partial charge in [0.1, 0.15) is 5.82 Å². The van der Waals surface area contributed by atoms with Crippen molar-refractivity contribution >= 4 is 29.9 Å². The summed E-state index contributed by atoms with van der Waals surface area (Å²) in [5, 5.41) is 6.91. The summed E-state index contributed by atoms with van der Waals surface area (Å²) in [5.74, 6) is 0.673. The van der Waals surface area contributed by atoms with Crippen molar-refractivity contribution in [1.82, 2.24) is 20.5 Å². The predicted octanol–water partition coefficient (Wildman–Crippen LogP) is 3.87. The normalized spacial score (nSPS) is 15.6. The zero-order chi connectivity index (χ0) is 19.8. The molecule has 1 aromatic heterocycles. The van der Waals surface area contributed by atoms with Gasteiger partial charge in [-0.1, -0.05) is 18.2 Å². The van der Waals surface area contributed by atoms with Crippen LogP contribution in [0.2, 0.25) is 0 Å². The third-order valence-corrected chi connectivity index (χ3v) is 5.10. The molecule has 2 N–H and O–H groups in total. The third kappa shape index (κ3) is 7.54. The maximum atomic E-state index is 13.1. The molecule has 0 unspecified atom stereocenters. The molecular weight excluding hydrogens is 480 g/mol. The number of halogens is 2. The van der Waals surface area contributed by atoms with Crippen LogP contribution in [0.15, 0.2) is 47.6 Å². The second-order valence-electron chi connectivity index (χ2n) is 7.28. The lowest BCUT2D eigenvalue weighted by Crippen LogP contribution is -2.48. The van der Waals surface area contributed by atoms with Crippen molar-refractivity contribution in [2.45, 2.75) is 45.8 Å². The number of guanidine groups is 1. The van der Waals surface area contributed by atoms with Crippen molar-refractivity contribution in [3.63, 3.8) is 0 Å². The fraction of sp³-hybridized carbons (Fsp3) is 0.455. The van der Waals surface area contributed by atoms with Crippen LogP contribution in [0.4, 0.5) is 4.39 Å². The minimum absolute atomic E-state index is 0. The molecule has 3 rings (SSSR count). The third-order valence-electron chi connectivity index (χ3n) is 5.10. The number of nitrogens with zero attached hydrogens (tertiary/aromatic N) is 3. The molecule has 0 bridgehead atoms. The van der Waals surface area contributed by atoms with Crippen LogP contribution in [0.1, 0.15) is 36.6 Å². The van der Waals surface area contributed by atoms with Gasteiger partial charge in [-0.05, 0) is 56.0 Å². The monoisotopic (exact) mass is 511 g/mol. The summed E-state index contributed by atoms with van der Waals surface area (Å²) >= 11 is 0. The van der Waals surface area contributed by atoms with Gasteiger partial charge in [-0.15, -0.1) is 24.0 Å². The molecule has 2 heterocycles. The Labute approximate surface area is 190 Å². The van der Waals surface area contributed by atoms with Crippen LogP contribution in [-0.2, 0) is 13.1 Å². The lowest BCUT2D eigenvalue weighted by atomic mass is 10.0. The van der Waals surface area contributed by atoms with Crippen molar-refractivity contribution in [2.24, 2.45) is 4.99 Å². The van der Waals surface area contributed by atoms with E-state index in [1.54, 1.807) is 0 Å². The molecule has 0 radical (unpaired) electrons. The Hall–Kier alpha value is -1.74. The number of likely N-dealkylation sites (tertiary alicyclic amines) is 1. The first-order valence-corrected chi connectivity index (χ1v) is 10.1. The molecule has 1 aliphatic heterocycles. The highest BCUT2D eigenvalue weighted by atomic mass is 127. The number of pyridine rings is 1. The molecule has 158 valence electrons. The number of rotatable bonds is 6. The number of hydrogen-bond acceptors (Lipinski definition) is 3. The summed E-state index contributed by atoms with van der Waals surface area (Å²) in [5.41, 5.74) is 3.33. The standard InChI is InChI=1S/C22H30FN5.HI/c1-3-24-22(26-15-21-17(2)5-4-12-25-21)27-20-10-13-28(14-11-20)16-18-6-8-19(23)9-7-18;/h4-9,12,20H,3,10-11,13-16H2,1-2H3,(H2,24,26,27);1H. The summed E-state index contributed by atoms with van der Waals surface area (Å²) in [6.07, 6.45) is 3.94. The van der Waals surface area contributed by atoms with Crippen LogP contribution in [0.25, 0.3) is 0 Å². The van der Waals surface area contributed by atoms with Gasteiger partial charge >= 0.3 is 0 Å². The summed E-state index contributed by atoms with van der Waals surface area (Å²) < 4.78 is 13.1. The topological polar surface area (TPSA) is 52.6 Å². The number of aryl methyl sites for hydroxylation is 1. The maximum absolute atomic E-state index is 13.1. The van der Waals surface area contributed by atoms with Gasteiger partial charge in [0.2, 0.25) is 0 Å². The average molecular weight is 511 g/mol. The number of piperidine rings is 1. The highest BCUT2D eigenvalue weighted by molar-refractivity contribution is 14.0. The minimum Gasteiger partial charge on any atom is -0.357 e. The number of aromatic nitrogens is 1. The second-order valence-corrected chi connectivity index (χ2v) is 7.28. The SMILES string of the molecule is CCNC(=NCc1ncccc1C)NC1CCN(Cc2ccc(F)cc2)CC1.I. The highest BCUT2D eigenvalue weighted by Crippen LogP contribution is 2.14. The molecule has 0 saturated carbocycles. The van der Waals surface area contributed by atoms with Crippen molar-refractivity contribution in [2.75, 3.05) is 19.6 Å². The first-order chi connectivity index (χ1) is 13.6. The Morgan fingerprint density at radius 2 is 1.93 bits per heavy atom. The molecule has 5 nitrogen and oxygen atoms in total. The van der Waals surface area contributed by atoms with E-state index in [1.807, 2.05) is 24.4 Å². The van der Waals surface area contributed by atoms with Crippen LogP contribution in [0, 0.1) is 12.7 Å². The van der Waals surface area contributed by atoms with E-state index in [2.05, 4.69) is 40.4 Å². The molecule has 7 heteroatoms. The van der Waals surface area contributed by atoms with Gasteiger partial charge in [-0.2, -0.15) is 0 Å². The van der Waals surface area contributed by atoms with Gasteiger partial charge in [-0.25, -0.2) is 9.38 Å². The average Bonchev–Trinajstić information content (AvgIpc) is 2.70. The van der Waals surface area contributed by atoms with Crippen molar-refractivity contribution < 1.29 is 4.39 Å². The van der Waals surface area contributed by atoms with Crippen LogP contribution in [0.5, 0.6) is 0 Å². The van der Waals surface area contributed by atoms with Crippen LogP contribution >= 0.6 is 24.0 Å². The molecule has 1 aliphatic rings. The van der Waals surface area contributed by atoms with E-state index >= 15 is 0 Å². The molecule has 1 fully saturated rings. The Morgan fingerprint density at radius 3 is 2.59 bits per heavy atom. The Bertz CT molecular complexity index is 773. The molecule has 0 aliphatic carbocycles. The molecular formula is C22H31FIN5. The number of aliphatic imine (C=N–C) groups is 1. The second kappa shape index (κ2) is 12.1. The summed E-state index contributed by atoms with van der Waals surface area (Å²) in [4.78, 5) is 11.6. The zero-order valence-corrected chi connectivity index (χ0v) is 19.5. The molecule has 1 saturated heterocycles. The van der Waals surface area contributed by atoms with Crippen molar-refractivity contribution in [3.05, 3.63) is 65.2 Å². The number of hydrogen-bond donors (Lipinski definition) is 2. The van der Waals surface area contributed by atoms with E-state index in [0.29, 0.717) is 12.6 Å². The van der Waals surface area contributed by atoms with E-state index < -0.39 is 0 Å². The number of nitrogens with one attached hydrogen (secondary N) is 2. The Balaban J connectivity index is 0.00000300. The van der Waals surface area contributed by atoms with Crippen LogP contribution < -0.4 is 10.6 Å². The molecule has 29 heavy (non-hydrogen) atoms. The molecule has 2 aromatic rings. The quantitative estimate of drug-likeness (QED) is 0.352. The van der Waals surface area contributed by atoms with Crippen LogP contribution in [-0.4, -0.2) is 41.5 Å². The van der Waals surface area contributed by atoms with Gasteiger partial charge in [0.25, 0.3) is 0 Å². The van der Waals surface area contributed by atoms with E-state index in [-0.39, 0.29) is 29.8 Å². The summed E-state index contributed by atoms with van der Waals surface area (Å²) in [7, 11) is 0. The van der Waals surface area contributed by atoms with E-state index in [4.69, 9.17) is 4.99 Å². The number of benzene rings is 1. The summed E-state index contributed by atoms with van der Waals surface area (Å²) in [6, 6.07) is 11.2. The largest absolute Gasteiger partial charge is 0.357 e. The van der Waals surface area contributed by atoms with Gasteiger partial charge in [0.15, 0.2) is 5.96 Å².